The van der Waals surface area contributed by atoms with E-state index in [0.29, 0.717) is 6.04 Å². The van der Waals surface area contributed by atoms with Crippen molar-refractivity contribution < 1.29 is 0 Å². The maximum Gasteiger partial charge on any atom is 0.0246 e. The van der Waals surface area contributed by atoms with Crippen molar-refractivity contribution in [1.82, 2.24) is 10.2 Å². The van der Waals surface area contributed by atoms with Gasteiger partial charge in [-0.15, -0.1) is 0 Å². The molecule has 2 rings (SSSR count). The molecule has 0 bridgehead atoms. The third-order valence-corrected chi connectivity index (χ3v) is 4.11. The molecule has 0 aromatic rings. The molecule has 2 aliphatic rings. The summed E-state index contributed by atoms with van der Waals surface area (Å²) in [6.45, 7) is 11.8. The van der Waals surface area contributed by atoms with Gasteiger partial charge in [0.05, 0.1) is 0 Å². The second-order valence-electron chi connectivity index (χ2n) is 6.75. The summed E-state index contributed by atoms with van der Waals surface area (Å²) in [6.07, 6.45) is 5.84. The molecule has 2 fully saturated rings. The molecular weight excluding hydrogens is 208 g/mol. The summed E-state index contributed by atoms with van der Waals surface area (Å²) in [5.41, 5.74) is 0. The number of hydrogen-bond donors (Lipinski definition) is 1. The fourth-order valence-electron chi connectivity index (χ4n) is 2.65. The molecular formula is C15H30N2. The SMILES string of the molecule is CC(C)NCC(C(C)C)N(CC1CC1)C1CC1. The first-order valence-electron chi connectivity index (χ1n) is 7.57. The largest absolute Gasteiger partial charge is 0.313 e. The number of nitrogens with one attached hydrogen (secondary N) is 1. The third kappa shape index (κ3) is 4.26. The Kier molecular flexibility index (Phi) is 4.48. The van der Waals surface area contributed by atoms with E-state index in [1.54, 1.807) is 0 Å². The molecule has 0 aliphatic heterocycles. The molecule has 0 amide bonds. The van der Waals surface area contributed by atoms with E-state index in [-0.39, 0.29) is 0 Å². The van der Waals surface area contributed by atoms with Gasteiger partial charge in [-0.3, -0.25) is 4.90 Å². The molecule has 0 aromatic carbocycles. The second kappa shape index (κ2) is 5.71. The molecule has 0 heterocycles. The summed E-state index contributed by atoms with van der Waals surface area (Å²) in [6, 6.07) is 2.26. The van der Waals surface area contributed by atoms with Crippen molar-refractivity contribution in [1.29, 1.82) is 0 Å². The molecule has 0 spiro atoms. The van der Waals surface area contributed by atoms with Gasteiger partial charge in [0.2, 0.25) is 0 Å². The average Bonchev–Trinajstić information content (AvgIpc) is 3.10. The molecule has 2 heteroatoms. The molecule has 1 unspecified atom stereocenters. The third-order valence-electron chi connectivity index (χ3n) is 4.11. The summed E-state index contributed by atoms with van der Waals surface area (Å²) in [5, 5.41) is 3.64. The van der Waals surface area contributed by atoms with Gasteiger partial charge in [-0.05, 0) is 37.5 Å². The van der Waals surface area contributed by atoms with Crippen molar-refractivity contribution in [3.63, 3.8) is 0 Å². The highest BCUT2D eigenvalue weighted by atomic mass is 15.2. The van der Waals surface area contributed by atoms with E-state index >= 15 is 0 Å². The van der Waals surface area contributed by atoms with Crippen LogP contribution in [0.4, 0.5) is 0 Å². The highest BCUT2D eigenvalue weighted by Crippen LogP contribution is 2.37. The summed E-state index contributed by atoms with van der Waals surface area (Å²) in [5.74, 6) is 1.79. The predicted molar refractivity (Wildman–Crippen MR) is 74.2 cm³/mol. The monoisotopic (exact) mass is 238 g/mol. The summed E-state index contributed by atoms with van der Waals surface area (Å²) in [7, 11) is 0. The Hall–Kier alpha value is -0.0800. The fourth-order valence-corrected chi connectivity index (χ4v) is 2.65. The van der Waals surface area contributed by atoms with Crippen LogP contribution >= 0.6 is 0 Å². The van der Waals surface area contributed by atoms with E-state index in [2.05, 4.69) is 37.9 Å². The van der Waals surface area contributed by atoms with Gasteiger partial charge in [-0.1, -0.05) is 27.7 Å². The molecule has 2 nitrogen and oxygen atoms in total. The van der Waals surface area contributed by atoms with Gasteiger partial charge in [0, 0.05) is 31.2 Å². The minimum atomic E-state index is 0.609. The molecule has 2 aliphatic carbocycles. The summed E-state index contributed by atoms with van der Waals surface area (Å²) in [4.78, 5) is 2.83. The van der Waals surface area contributed by atoms with Crippen LogP contribution < -0.4 is 5.32 Å². The number of nitrogens with zero attached hydrogens (tertiary/aromatic N) is 1. The topological polar surface area (TPSA) is 15.3 Å². The molecule has 1 atom stereocenters. The van der Waals surface area contributed by atoms with Gasteiger partial charge in [0.15, 0.2) is 0 Å². The molecule has 1 N–H and O–H groups in total. The Balaban J connectivity index is 1.89. The van der Waals surface area contributed by atoms with Crippen molar-refractivity contribution in [2.24, 2.45) is 11.8 Å². The first-order chi connectivity index (χ1) is 8.08. The molecule has 0 saturated heterocycles. The Morgan fingerprint density at radius 3 is 2.12 bits per heavy atom. The van der Waals surface area contributed by atoms with Crippen molar-refractivity contribution >= 4 is 0 Å². The average molecular weight is 238 g/mol. The van der Waals surface area contributed by atoms with E-state index in [1.807, 2.05) is 0 Å². The van der Waals surface area contributed by atoms with Crippen LogP contribution in [0.2, 0.25) is 0 Å². The normalized spacial score (nSPS) is 22.8. The van der Waals surface area contributed by atoms with Gasteiger partial charge < -0.3 is 5.32 Å². The fraction of sp³-hybridized carbons (Fsp3) is 1.00. The Labute approximate surface area is 107 Å². The first-order valence-corrected chi connectivity index (χ1v) is 7.57. The smallest absolute Gasteiger partial charge is 0.0246 e. The Morgan fingerprint density at radius 1 is 1.06 bits per heavy atom. The minimum absolute atomic E-state index is 0.609. The van der Waals surface area contributed by atoms with Crippen LogP contribution in [0.1, 0.15) is 53.4 Å². The zero-order valence-electron chi connectivity index (χ0n) is 12.1. The van der Waals surface area contributed by atoms with Gasteiger partial charge in [-0.2, -0.15) is 0 Å². The zero-order chi connectivity index (χ0) is 12.4. The van der Waals surface area contributed by atoms with E-state index in [1.165, 1.54) is 38.8 Å². The summed E-state index contributed by atoms with van der Waals surface area (Å²) >= 11 is 0. The molecule has 0 radical (unpaired) electrons. The van der Waals surface area contributed by atoms with Crippen LogP contribution in [0.25, 0.3) is 0 Å². The van der Waals surface area contributed by atoms with Gasteiger partial charge >= 0.3 is 0 Å². The van der Waals surface area contributed by atoms with Crippen molar-refractivity contribution in [3.8, 4) is 0 Å². The summed E-state index contributed by atoms with van der Waals surface area (Å²) < 4.78 is 0. The van der Waals surface area contributed by atoms with Gasteiger partial charge in [0.25, 0.3) is 0 Å². The molecule has 0 aromatic heterocycles. The van der Waals surface area contributed by atoms with E-state index in [4.69, 9.17) is 0 Å². The van der Waals surface area contributed by atoms with E-state index in [0.717, 1.165) is 23.9 Å². The Bertz CT molecular complexity index is 229. The lowest BCUT2D eigenvalue weighted by atomic mass is 10.0. The second-order valence-corrected chi connectivity index (χ2v) is 6.75. The maximum absolute atomic E-state index is 3.64. The van der Waals surface area contributed by atoms with Gasteiger partial charge in [0.1, 0.15) is 0 Å². The molecule has 100 valence electrons. The standard InChI is InChI=1S/C15H30N2/c1-11(2)15(9-16-12(3)4)17(14-7-8-14)10-13-5-6-13/h11-16H,5-10H2,1-4H3. The van der Waals surface area contributed by atoms with E-state index < -0.39 is 0 Å². The van der Waals surface area contributed by atoms with Crippen LogP contribution in [0, 0.1) is 11.8 Å². The highest BCUT2D eigenvalue weighted by molar-refractivity contribution is 4.93. The molecule has 17 heavy (non-hydrogen) atoms. The lowest BCUT2D eigenvalue weighted by Crippen LogP contribution is -2.48. The maximum atomic E-state index is 3.64. The predicted octanol–water partition coefficient (Wildman–Crippen LogP) is 2.88. The van der Waals surface area contributed by atoms with Crippen LogP contribution in [-0.2, 0) is 0 Å². The molecule has 2 saturated carbocycles. The zero-order valence-corrected chi connectivity index (χ0v) is 12.1. The lowest BCUT2D eigenvalue weighted by Gasteiger charge is -2.35. The van der Waals surface area contributed by atoms with Crippen molar-refractivity contribution in [2.45, 2.75) is 71.5 Å². The number of hydrogen-bond acceptors (Lipinski definition) is 2. The lowest BCUT2D eigenvalue weighted by molar-refractivity contribution is 0.134. The van der Waals surface area contributed by atoms with Crippen LogP contribution in [0.15, 0.2) is 0 Å². The Morgan fingerprint density at radius 2 is 1.71 bits per heavy atom. The number of rotatable bonds is 8. The highest BCUT2D eigenvalue weighted by Gasteiger charge is 2.38. The van der Waals surface area contributed by atoms with Crippen molar-refractivity contribution in [2.75, 3.05) is 13.1 Å². The van der Waals surface area contributed by atoms with Crippen LogP contribution in [-0.4, -0.2) is 36.1 Å². The first kappa shape index (κ1) is 13.4. The minimum Gasteiger partial charge on any atom is -0.313 e. The van der Waals surface area contributed by atoms with Crippen molar-refractivity contribution in [3.05, 3.63) is 0 Å². The van der Waals surface area contributed by atoms with E-state index in [9.17, 15) is 0 Å². The van der Waals surface area contributed by atoms with Gasteiger partial charge in [-0.25, -0.2) is 0 Å². The van der Waals surface area contributed by atoms with Crippen LogP contribution in [0.3, 0.4) is 0 Å². The quantitative estimate of drug-likeness (QED) is 0.699. The van der Waals surface area contributed by atoms with Crippen LogP contribution in [0.5, 0.6) is 0 Å².